The van der Waals surface area contributed by atoms with Gasteiger partial charge in [0.15, 0.2) is 0 Å². The molecule has 0 aliphatic rings. The first kappa shape index (κ1) is 18.5. The zero-order valence-corrected chi connectivity index (χ0v) is 13.3. The summed E-state index contributed by atoms with van der Waals surface area (Å²) in [5.74, 6) is -1.32. The minimum Gasteiger partial charge on any atom is -0.481 e. The second-order valence-electron chi connectivity index (χ2n) is 4.79. The van der Waals surface area contributed by atoms with Crippen molar-refractivity contribution in [2.24, 2.45) is 0 Å². The smallest absolute Gasteiger partial charge is 0.303 e. The predicted octanol–water partition coefficient (Wildman–Crippen LogP) is 2.92. The summed E-state index contributed by atoms with van der Waals surface area (Å²) in [6.07, 6.45) is 3.65. The third kappa shape index (κ3) is 7.88. The molecule has 0 atom stereocenters. The van der Waals surface area contributed by atoms with E-state index < -0.39 is 11.9 Å². The molecule has 0 aliphatic heterocycles. The molecule has 1 rings (SSSR count). The number of halogens is 1. The van der Waals surface area contributed by atoms with Gasteiger partial charge < -0.3 is 15.7 Å². The molecular weight excluding hydrogens is 318 g/mol. The van der Waals surface area contributed by atoms with Gasteiger partial charge in [-0.25, -0.2) is 0 Å². The van der Waals surface area contributed by atoms with E-state index in [0.29, 0.717) is 23.7 Å². The lowest BCUT2D eigenvalue weighted by Crippen LogP contribution is -2.17. The standard InChI is InChI=1S/C16H18ClN3O3/c17-13-5-4-6-14(9-13)20-16(23)12(10-18)11-19-8-3-1-2-7-15(21)22/h4-6,9,11,19H,1-3,7-8H2,(H,20,23)(H,21,22)/b12-11-. The summed E-state index contributed by atoms with van der Waals surface area (Å²) in [4.78, 5) is 22.3. The van der Waals surface area contributed by atoms with Crippen LogP contribution in [0.25, 0.3) is 0 Å². The van der Waals surface area contributed by atoms with E-state index in [0.717, 1.165) is 12.8 Å². The molecule has 6 nitrogen and oxygen atoms in total. The molecule has 0 heterocycles. The SMILES string of the molecule is N#C/C(=C/NCCCCCC(=O)O)C(=O)Nc1cccc(Cl)c1. The van der Waals surface area contributed by atoms with Crippen LogP contribution in [0.2, 0.25) is 5.02 Å². The van der Waals surface area contributed by atoms with Crippen LogP contribution in [0.4, 0.5) is 5.69 Å². The first-order chi connectivity index (χ1) is 11.0. The fraction of sp³-hybridized carbons (Fsp3) is 0.312. The molecule has 1 aromatic carbocycles. The van der Waals surface area contributed by atoms with Crippen LogP contribution in [0.15, 0.2) is 36.0 Å². The van der Waals surface area contributed by atoms with Crippen molar-refractivity contribution >= 4 is 29.2 Å². The Morgan fingerprint density at radius 3 is 2.74 bits per heavy atom. The quantitative estimate of drug-likeness (QED) is 0.366. The van der Waals surface area contributed by atoms with Crippen molar-refractivity contribution in [3.05, 3.63) is 41.1 Å². The Morgan fingerprint density at radius 1 is 1.30 bits per heavy atom. The Labute approximate surface area is 139 Å². The highest BCUT2D eigenvalue weighted by atomic mass is 35.5. The number of unbranched alkanes of at least 4 members (excludes halogenated alkanes) is 2. The van der Waals surface area contributed by atoms with Crippen LogP contribution in [0.5, 0.6) is 0 Å². The van der Waals surface area contributed by atoms with E-state index in [-0.39, 0.29) is 12.0 Å². The first-order valence-corrected chi connectivity index (χ1v) is 7.53. The van der Waals surface area contributed by atoms with E-state index in [1.165, 1.54) is 6.20 Å². The number of anilines is 1. The maximum atomic E-state index is 11.9. The van der Waals surface area contributed by atoms with Crippen molar-refractivity contribution in [3.8, 4) is 6.07 Å². The number of hydrogen-bond donors (Lipinski definition) is 3. The molecule has 7 heteroatoms. The average Bonchev–Trinajstić information content (AvgIpc) is 2.49. The average molecular weight is 336 g/mol. The van der Waals surface area contributed by atoms with Gasteiger partial charge in [-0.1, -0.05) is 24.1 Å². The van der Waals surface area contributed by atoms with Crippen LogP contribution in [0, 0.1) is 11.3 Å². The summed E-state index contributed by atoms with van der Waals surface area (Å²) in [5, 5.41) is 23.5. The predicted molar refractivity (Wildman–Crippen MR) is 87.9 cm³/mol. The van der Waals surface area contributed by atoms with Crippen molar-refractivity contribution in [1.29, 1.82) is 5.26 Å². The van der Waals surface area contributed by atoms with Gasteiger partial charge >= 0.3 is 5.97 Å². The number of carbonyl (C=O) groups excluding carboxylic acids is 1. The van der Waals surface area contributed by atoms with Gasteiger partial charge in [-0.3, -0.25) is 9.59 Å². The second-order valence-corrected chi connectivity index (χ2v) is 5.23. The Balaban J connectivity index is 2.38. The Hall–Kier alpha value is -2.52. The summed E-state index contributed by atoms with van der Waals surface area (Å²) in [7, 11) is 0. The lowest BCUT2D eigenvalue weighted by molar-refractivity contribution is -0.137. The number of nitriles is 1. The number of amides is 1. The molecule has 1 aromatic rings. The zero-order valence-electron chi connectivity index (χ0n) is 12.5. The third-order valence-corrected chi connectivity index (χ3v) is 3.14. The minimum atomic E-state index is -0.803. The van der Waals surface area contributed by atoms with Crippen molar-refractivity contribution in [2.75, 3.05) is 11.9 Å². The van der Waals surface area contributed by atoms with Crippen molar-refractivity contribution in [3.63, 3.8) is 0 Å². The van der Waals surface area contributed by atoms with Gasteiger partial charge in [-0.2, -0.15) is 5.26 Å². The molecule has 3 N–H and O–H groups in total. The molecule has 0 saturated carbocycles. The van der Waals surface area contributed by atoms with Gasteiger partial charge in [0, 0.05) is 29.9 Å². The van der Waals surface area contributed by atoms with Crippen LogP contribution >= 0.6 is 11.6 Å². The largest absolute Gasteiger partial charge is 0.481 e. The van der Waals surface area contributed by atoms with Crippen LogP contribution < -0.4 is 10.6 Å². The van der Waals surface area contributed by atoms with Crippen LogP contribution in [0.1, 0.15) is 25.7 Å². The number of hydrogen-bond acceptors (Lipinski definition) is 4. The van der Waals surface area contributed by atoms with E-state index in [4.69, 9.17) is 22.0 Å². The van der Waals surface area contributed by atoms with E-state index in [1.54, 1.807) is 24.3 Å². The fourth-order valence-corrected chi connectivity index (χ4v) is 1.96. The maximum absolute atomic E-state index is 11.9. The summed E-state index contributed by atoms with van der Waals surface area (Å²) in [6, 6.07) is 8.47. The fourth-order valence-electron chi connectivity index (χ4n) is 1.77. The number of carbonyl (C=O) groups is 2. The summed E-state index contributed by atoms with van der Waals surface area (Å²) < 4.78 is 0. The molecule has 1 amide bonds. The molecule has 0 aliphatic carbocycles. The third-order valence-electron chi connectivity index (χ3n) is 2.91. The van der Waals surface area contributed by atoms with Crippen LogP contribution in [-0.4, -0.2) is 23.5 Å². The van der Waals surface area contributed by atoms with Crippen molar-refractivity contribution < 1.29 is 14.7 Å². The van der Waals surface area contributed by atoms with Gasteiger partial charge in [0.05, 0.1) is 0 Å². The molecule has 0 radical (unpaired) electrons. The normalized spacial score (nSPS) is 10.7. The molecule has 23 heavy (non-hydrogen) atoms. The molecule has 0 spiro atoms. The molecule has 0 aromatic heterocycles. The van der Waals surface area contributed by atoms with E-state index >= 15 is 0 Å². The number of nitrogens with one attached hydrogen (secondary N) is 2. The monoisotopic (exact) mass is 335 g/mol. The van der Waals surface area contributed by atoms with Crippen molar-refractivity contribution in [1.82, 2.24) is 5.32 Å². The molecule has 0 saturated heterocycles. The number of carboxylic acids is 1. The highest BCUT2D eigenvalue weighted by Crippen LogP contribution is 2.15. The van der Waals surface area contributed by atoms with Gasteiger partial charge in [0.25, 0.3) is 5.91 Å². The number of aliphatic carboxylic acids is 1. The second kappa shape index (κ2) is 10.2. The molecular formula is C16H18ClN3O3. The van der Waals surface area contributed by atoms with E-state index in [2.05, 4.69) is 10.6 Å². The van der Waals surface area contributed by atoms with Gasteiger partial charge in [0.1, 0.15) is 11.6 Å². The number of rotatable bonds is 9. The summed E-state index contributed by atoms with van der Waals surface area (Å²) in [5.41, 5.74) is 0.466. The molecule has 122 valence electrons. The first-order valence-electron chi connectivity index (χ1n) is 7.15. The van der Waals surface area contributed by atoms with Crippen LogP contribution in [-0.2, 0) is 9.59 Å². The zero-order chi connectivity index (χ0) is 17.1. The highest BCUT2D eigenvalue weighted by Gasteiger charge is 2.09. The van der Waals surface area contributed by atoms with Crippen molar-refractivity contribution in [2.45, 2.75) is 25.7 Å². The minimum absolute atomic E-state index is 0.0458. The van der Waals surface area contributed by atoms with Crippen LogP contribution in [0.3, 0.4) is 0 Å². The van der Waals surface area contributed by atoms with E-state index in [1.807, 2.05) is 6.07 Å². The summed E-state index contributed by atoms with van der Waals surface area (Å²) >= 11 is 5.83. The Kier molecular flexibility index (Phi) is 8.25. The lowest BCUT2D eigenvalue weighted by Gasteiger charge is -2.05. The van der Waals surface area contributed by atoms with Gasteiger partial charge in [-0.05, 0) is 31.0 Å². The molecule has 0 unspecified atom stereocenters. The maximum Gasteiger partial charge on any atom is 0.303 e. The lowest BCUT2D eigenvalue weighted by atomic mass is 10.2. The summed E-state index contributed by atoms with van der Waals surface area (Å²) in [6.45, 7) is 0.565. The number of benzene rings is 1. The topological polar surface area (TPSA) is 102 Å². The Morgan fingerprint density at radius 2 is 2.09 bits per heavy atom. The Bertz CT molecular complexity index is 623. The molecule has 0 fully saturated rings. The number of nitrogens with zero attached hydrogens (tertiary/aromatic N) is 1. The van der Waals surface area contributed by atoms with Gasteiger partial charge in [-0.15, -0.1) is 0 Å². The van der Waals surface area contributed by atoms with Gasteiger partial charge in [0.2, 0.25) is 0 Å². The highest BCUT2D eigenvalue weighted by molar-refractivity contribution is 6.31. The van der Waals surface area contributed by atoms with E-state index in [9.17, 15) is 9.59 Å². The number of carboxylic acid groups (broad SMARTS) is 1. The molecule has 0 bridgehead atoms.